The Labute approximate surface area is 113 Å². The second-order valence-electron chi connectivity index (χ2n) is 4.93. The number of hydrogen-bond donors (Lipinski definition) is 1. The van der Waals surface area contributed by atoms with Gasteiger partial charge in [-0.3, -0.25) is 0 Å². The number of piperazine rings is 1. The fourth-order valence-corrected chi connectivity index (χ4v) is 4.01. The lowest BCUT2D eigenvalue weighted by molar-refractivity contribution is 0.263. The molecule has 0 spiro atoms. The molecule has 0 aromatic heterocycles. The molecule has 0 saturated carbocycles. The fourth-order valence-electron chi connectivity index (χ4n) is 2.35. The van der Waals surface area contributed by atoms with Crippen molar-refractivity contribution in [1.29, 1.82) is 5.26 Å². The van der Waals surface area contributed by atoms with Gasteiger partial charge in [0.05, 0.1) is 16.5 Å². The van der Waals surface area contributed by atoms with E-state index in [4.69, 9.17) is 5.26 Å². The van der Waals surface area contributed by atoms with Gasteiger partial charge < -0.3 is 5.32 Å². The van der Waals surface area contributed by atoms with Crippen molar-refractivity contribution in [2.24, 2.45) is 0 Å². The van der Waals surface area contributed by atoms with Crippen LogP contribution in [0.15, 0.2) is 29.2 Å². The minimum absolute atomic E-state index is 0.123. The number of sulfonamides is 1. The summed E-state index contributed by atoms with van der Waals surface area (Å²) < 4.78 is 26.6. The van der Waals surface area contributed by atoms with Crippen LogP contribution in [-0.2, 0) is 10.0 Å². The Balaban J connectivity index is 2.34. The highest BCUT2D eigenvalue weighted by Crippen LogP contribution is 2.19. The van der Waals surface area contributed by atoms with E-state index in [0.29, 0.717) is 18.7 Å². The maximum Gasteiger partial charge on any atom is 0.243 e. The van der Waals surface area contributed by atoms with Gasteiger partial charge in [0.2, 0.25) is 10.0 Å². The normalized spacial score (nSPS) is 24.9. The number of nitriles is 1. The average Bonchev–Trinajstić information content (AvgIpc) is 2.37. The van der Waals surface area contributed by atoms with Gasteiger partial charge >= 0.3 is 0 Å². The number of rotatable bonds is 2. The van der Waals surface area contributed by atoms with Crippen molar-refractivity contribution in [2.75, 3.05) is 13.1 Å². The largest absolute Gasteiger partial charge is 0.309 e. The number of nitrogens with one attached hydrogen (secondary N) is 1. The van der Waals surface area contributed by atoms with E-state index >= 15 is 0 Å². The molecule has 2 unspecified atom stereocenters. The predicted molar refractivity (Wildman–Crippen MR) is 72.0 cm³/mol. The van der Waals surface area contributed by atoms with Crippen molar-refractivity contribution in [1.82, 2.24) is 9.62 Å². The van der Waals surface area contributed by atoms with Gasteiger partial charge in [0.1, 0.15) is 0 Å². The third-order valence-corrected chi connectivity index (χ3v) is 4.95. The molecular formula is C13H17N3O2S. The molecule has 1 heterocycles. The number of nitrogens with zero attached hydrogens (tertiary/aromatic N) is 2. The molecule has 1 saturated heterocycles. The Kier molecular flexibility index (Phi) is 3.90. The summed E-state index contributed by atoms with van der Waals surface area (Å²) in [6.07, 6.45) is 0. The summed E-state index contributed by atoms with van der Waals surface area (Å²) in [5.74, 6) is 0. The first-order valence-electron chi connectivity index (χ1n) is 6.20. The zero-order valence-corrected chi connectivity index (χ0v) is 11.8. The van der Waals surface area contributed by atoms with Gasteiger partial charge in [-0.15, -0.1) is 0 Å². The van der Waals surface area contributed by atoms with E-state index in [1.54, 1.807) is 12.1 Å². The number of benzene rings is 1. The SMILES string of the molecule is CC1CN(S(=O)(=O)c2cccc(C#N)c2)CC(C)N1. The highest BCUT2D eigenvalue weighted by molar-refractivity contribution is 7.89. The first kappa shape index (κ1) is 14.0. The molecular weight excluding hydrogens is 262 g/mol. The number of hydrogen-bond acceptors (Lipinski definition) is 4. The maximum atomic E-state index is 12.5. The Hall–Kier alpha value is -1.42. The fraction of sp³-hybridized carbons (Fsp3) is 0.462. The van der Waals surface area contributed by atoms with Gasteiger partial charge in [-0.1, -0.05) is 6.07 Å². The summed E-state index contributed by atoms with van der Waals surface area (Å²) in [6, 6.07) is 8.37. The van der Waals surface area contributed by atoms with Crippen LogP contribution in [0.2, 0.25) is 0 Å². The van der Waals surface area contributed by atoms with Crippen LogP contribution in [0.1, 0.15) is 19.4 Å². The van der Waals surface area contributed by atoms with Crippen molar-refractivity contribution in [3.05, 3.63) is 29.8 Å². The zero-order chi connectivity index (χ0) is 14.0. The maximum absolute atomic E-state index is 12.5. The lowest BCUT2D eigenvalue weighted by atomic mass is 10.2. The third kappa shape index (κ3) is 2.95. The van der Waals surface area contributed by atoms with Crippen LogP contribution in [0.4, 0.5) is 0 Å². The topological polar surface area (TPSA) is 73.2 Å². The van der Waals surface area contributed by atoms with E-state index in [2.05, 4.69) is 5.32 Å². The third-order valence-electron chi connectivity index (χ3n) is 3.12. The van der Waals surface area contributed by atoms with E-state index in [1.165, 1.54) is 16.4 Å². The monoisotopic (exact) mass is 279 g/mol. The van der Waals surface area contributed by atoms with Gasteiger partial charge in [0, 0.05) is 25.2 Å². The summed E-state index contributed by atoms with van der Waals surface area (Å²) in [4.78, 5) is 0.188. The van der Waals surface area contributed by atoms with E-state index in [0.717, 1.165) is 0 Å². The molecule has 0 bridgehead atoms. The lowest BCUT2D eigenvalue weighted by Gasteiger charge is -2.35. The van der Waals surface area contributed by atoms with Crippen LogP contribution in [0, 0.1) is 11.3 Å². The van der Waals surface area contributed by atoms with E-state index in [9.17, 15) is 8.42 Å². The van der Waals surface area contributed by atoms with Crippen molar-refractivity contribution >= 4 is 10.0 Å². The molecule has 1 fully saturated rings. The quantitative estimate of drug-likeness (QED) is 0.874. The van der Waals surface area contributed by atoms with Crippen LogP contribution in [0.5, 0.6) is 0 Å². The van der Waals surface area contributed by atoms with Crippen LogP contribution < -0.4 is 5.32 Å². The van der Waals surface area contributed by atoms with Crippen LogP contribution in [-0.4, -0.2) is 37.9 Å². The lowest BCUT2D eigenvalue weighted by Crippen LogP contribution is -2.55. The second-order valence-corrected chi connectivity index (χ2v) is 6.87. The van der Waals surface area contributed by atoms with Crippen molar-refractivity contribution < 1.29 is 8.42 Å². The Morgan fingerprint density at radius 3 is 2.53 bits per heavy atom. The van der Waals surface area contributed by atoms with Crippen molar-refractivity contribution in [3.8, 4) is 6.07 Å². The van der Waals surface area contributed by atoms with Crippen LogP contribution in [0.3, 0.4) is 0 Å². The van der Waals surface area contributed by atoms with Gasteiger partial charge in [0.25, 0.3) is 0 Å². The average molecular weight is 279 g/mol. The standard InChI is InChI=1S/C13H17N3O2S/c1-10-8-16(9-11(2)15-10)19(17,18)13-5-3-4-12(6-13)7-14/h3-6,10-11,15H,8-9H2,1-2H3. The molecule has 0 radical (unpaired) electrons. The molecule has 5 nitrogen and oxygen atoms in total. The zero-order valence-electron chi connectivity index (χ0n) is 11.0. The molecule has 1 aliphatic rings. The Morgan fingerprint density at radius 1 is 1.32 bits per heavy atom. The molecule has 2 atom stereocenters. The van der Waals surface area contributed by atoms with Gasteiger partial charge in [-0.05, 0) is 32.0 Å². The second kappa shape index (κ2) is 5.29. The summed E-state index contributed by atoms with van der Waals surface area (Å²) in [6.45, 7) is 4.82. The summed E-state index contributed by atoms with van der Waals surface area (Å²) in [5.41, 5.74) is 0.359. The smallest absolute Gasteiger partial charge is 0.243 e. The molecule has 2 rings (SSSR count). The highest BCUT2D eigenvalue weighted by Gasteiger charge is 2.31. The van der Waals surface area contributed by atoms with Crippen molar-refractivity contribution in [2.45, 2.75) is 30.8 Å². The highest BCUT2D eigenvalue weighted by atomic mass is 32.2. The summed E-state index contributed by atoms with van der Waals surface area (Å²) >= 11 is 0. The molecule has 1 aromatic carbocycles. The van der Waals surface area contributed by atoms with E-state index in [-0.39, 0.29) is 17.0 Å². The van der Waals surface area contributed by atoms with Crippen LogP contribution >= 0.6 is 0 Å². The Bertz CT molecular complexity index is 597. The Morgan fingerprint density at radius 2 is 1.95 bits per heavy atom. The molecule has 0 aliphatic carbocycles. The van der Waals surface area contributed by atoms with E-state index < -0.39 is 10.0 Å². The first-order valence-corrected chi connectivity index (χ1v) is 7.64. The molecule has 1 aromatic rings. The molecule has 6 heteroatoms. The first-order chi connectivity index (χ1) is 8.93. The van der Waals surface area contributed by atoms with Gasteiger partial charge in [-0.2, -0.15) is 9.57 Å². The minimum Gasteiger partial charge on any atom is -0.309 e. The molecule has 0 amide bonds. The molecule has 19 heavy (non-hydrogen) atoms. The summed E-state index contributed by atoms with van der Waals surface area (Å²) in [5, 5.41) is 12.2. The van der Waals surface area contributed by atoms with Crippen LogP contribution in [0.25, 0.3) is 0 Å². The van der Waals surface area contributed by atoms with Crippen molar-refractivity contribution in [3.63, 3.8) is 0 Å². The van der Waals surface area contributed by atoms with Gasteiger partial charge in [0.15, 0.2) is 0 Å². The van der Waals surface area contributed by atoms with Gasteiger partial charge in [-0.25, -0.2) is 8.42 Å². The van der Waals surface area contributed by atoms with E-state index in [1.807, 2.05) is 19.9 Å². The molecule has 102 valence electrons. The minimum atomic E-state index is -3.52. The predicted octanol–water partition coefficient (Wildman–Crippen LogP) is 0.929. The molecule has 1 N–H and O–H groups in total. The summed E-state index contributed by atoms with van der Waals surface area (Å²) in [7, 11) is -3.52. The molecule has 1 aliphatic heterocycles.